The highest BCUT2D eigenvalue weighted by Crippen LogP contribution is 2.65. The van der Waals surface area contributed by atoms with Gasteiger partial charge in [-0.1, -0.05) is 39.2 Å². The third-order valence-corrected chi connectivity index (χ3v) is 10.3. The molecular formula is C28H45BN6O6S. The Bertz CT molecular complexity index is 1150. The largest absolute Gasteiger partial charge is 0.481 e. The van der Waals surface area contributed by atoms with Gasteiger partial charge in [0.25, 0.3) is 5.96 Å². The van der Waals surface area contributed by atoms with Crippen LogP contribution < -0.4 is 21.8 Å². The van der Waals surface area contributed by atoms with Crippen molar-refractivity contribution in [3.8, 4) is 0 Å². The summed E-state index contributed by atoms with van der Waals surface area (Å²) in [5, 5.41) is 17.8. The molecule has 0 spiro atoms. The maximum atomic E-state index is 13.7. The quantitative estimate of drug-likeness (QED) is 0.0627. The fourth-order valence-corrected chi connectivity index (χ4v) is 7.66. The number of nitrogens with two attached hydrogens (primary N) is 1. The number of carbonyl (C=O) groups is 2. The lowest BCUT2D eigenvalue weighted by molar-refractivity contribution is -0.525. The number of hydrogen-bond acceptors (Lipinski definition) is 8. The fraction of sp³-hybridized carbons (Fsp3) is 0.750. The van der Waals surface area contributed by atoms with Gasteiger partial charge in [0.05, 0.1) is 17.6 Å². The standard InChI is InChI=1S/C28H45BN6O6S/c1-17(2)14-23(29-40-22-16-18-15-21(27(18,3)4)28(22,5)41-29)33-25(37)20(9-6-12-31-26(30)34-35(38)39)32-24(36)11-10-19-8-7-13-42-19/h7-8,13,17-18,20-23H,6,9-12,14-16H2,1-5H3,(H,32,36)(H,33,37)(H3,30,31,34)/t18-,20-,21-,22+,23-,28-/m0/s1. The van der Waals surface area contributed by atoms with Crippen LogP contribution in [0, 0.1) is 33.3 Å². The van der Waals surface area contributed by atoms with E-state index in [2.05, 4.69) is 50.2 Å². The van der Waals surface area contributed by atoms with Gasteiger partial charge in [-0.2, -0.15) is 0 Å². The number of aryl methyl sites for hydroxylation is 1. The van der Waals surface area contributed by atoms with E-state index in [1.807, 2.05) is 17.5 Å². The molecule has 4 fully saturated rings. The summed E-state index contributed by atoms with van der Waals surface area (Å²) in [5.41, 5.74) is 7.13. The average molecular weight is 605 g/mol. The summed E-state index contributed by atoms with van der Waals surface area (Å²) >= 11 is 1.59. The first-order valence-corrected chi connectivity index (χ1v) is 15.8. The molecule has 0 unspecified atom stereocenters. The number of hydrazine groups is 1. The van der Waals surface area contributed by atoms with E-state index in [1.54, 1.807) is 16.8 Å². The van der Waals surface area contributed by atoms with Gasteiger partial charge in [0.1, 0.15) is 6.04 Å². The highest BCUT2D eigenvalue weighted by Gasteiger charge is 2.68. The summed E-state index contributed by atoms with van der Waals surface area (Å²) < 4.78 is 13.2. The number of guanidine groups is 1. The third-order valence-electron chi connectivity index (χ3n) is 9.32. The molecule has 2 bridgehead atoms. The molecule has 0 radical (unpaired) electrons. The van der Waals surface area contributed by atoms with Crippen LogP contribution in [0.5, 0.6) is 0 Å². The Kier molecular flexibility index (Phi) is 10.2. The van der Waals surface area contributed by atoms with Crippen molar-refractivity contribution in [1.29, 1.82) is 0 Å². The summed E-state index contributed by atoms with van der Waals surface area (Å²) in [6.45, 7) is 11.1. The zero-order valence-corrected chi connectivity index (χ0v) is 26.1. The molecule has 6 atom stereocenters. The molecule has 232 valence electrons. The van der Waals surface area contributed by atoms with Crippen molar-refractivity contribution in [3.05, 3.63) is 32.5 Å². The lowest BCUT2D eigenvalue weighted by Gasteiger charge is -2.64. The first kappa shape index (κ1) is 32.2. The smallest absolute Gasteiger partial charge is 0.404 e. The van der Waals surface area contributed by atoms with Gasteiger partial charge < -0.3 is 25.7 Å². The molecule has 1 saturated heterocycles. The van der Waals surface area contributed by atoms with E-state index < -0.39 is 23.8 Å². The molecule has 2 amide bonds. The number of carbonyl (C=O) groups excluding carboxylic acids is 2. The summed E-state index contributed by atoms with van der Waals surface area (Å²) in [6, 6.07) is 3.10. The normalized spacial score (nSPS) is 27.5. The van der Waals surface area contributed by atoms with E-state index in [-0.39, 0.29) is 60.5 Å². The van der Waals surface area contributed by atoms with E-state index in [1.165, 1.54) is 0 Å². The minimum absolute atomic E-state index is 0.00492. The van der Waals surface area contributed by atoms with Crippen molar-refractivity contribution in [2.45, 2.75) is 103 Å². The molecule has 2 heterocycles. The number of hydrogen-bond donors (Lipinski definition) is 4. The Balaban J connectivity index is 1.42. The van der Waals surface area contributed by atoms with Crippen LogP contribution in [0.2, 0.25) is 0 Å². The van der Waals surface area contributed by atoms with Gasteiger partial charge >= 0.3 is 7.12 Å². The molecule has 12 nitrogen and oxygen atoms in total. The van der Waals surface area contributed by atoms with Crippen molar-refractivity contribution in [2.24, 2.45) is 33.9 Å². The van der Waals surface area contributed by atoms with Gasteiger partial charge in [0.2, 0.25) is 11.8 Å². The van der Waals surface area contributed by atoms with Crippen molar-refractivity contribution < 1.29 is 23.9 Å². The van der Waals surface area contributed by atoms with Crippen LogP contribution in [0.15, 0.2) is 22.5 Å². The summed E-state index contributed by atoms with van der Waals surface area (Å²) in [7, 11) is -0.575. The van der Waals surface area contributed by atoms with Crippen LogP contribution >= 0.6 is 11.3 Å². The van der Waals surface area contributed by atoms with Gasteiger partial charge in [0.15, 0.2) is 5.03 Å². The van der Waals surface area contributed by atoms with Crippen LogP contribution in [0.4, 0.5) is 0 Å². The number of rotatable bonds is 14. The zero-order valence-electron chi connectivity index (χ0n) is 25.3. The molecule has 14 heteroatoms. The van der Waals surface area contributed by atoms with Gasteiger partial charge in [-0.25, -0.2) is 15.1 Å². The van der Waals surface area contributed by atoms with E-state index in [0.29, 0.717) is 31.1 Å². The van der Waals surface area contributed by atoms with Gasteiger partial charge in [-0.3, -0.25) is 9.59 Å². The predicted molar refractivity (Wildman–Crippen MR) is 162 cm³/mol. The zero-order chi connectivity index (χ0) is 30.7. The molecule has 3 aliphatic carbocycles. The van der Waals surface area contributed by atoms with Gasteiger partial charge in [-0.05, 0) is 80.1 Å². The molecule has 1 aromatic rings. The molecule has 1 aromatic heterocycles. The van der Waals surface area contributed by atoms with E-state index >= 15 is 0 Å². The summed E-state index contributed by atoms with van der Waals surface area (Å²) in [5.74, 6) is 0.0502. The topological polar surface area (TPSA) is 170 Å². The van der Waals surface area contributed by atoms with Crippen molar-refractivity contribution in [2.75, 3.05) is 6.54 Å². The second-order valence-corrected chi connectivity index (χ2v) is 14.1. The SMILES string of the molecule is CC(C)C[C@H](NC(=O)[C@H](CCCN=C(N)N[N+](=O)[O-])NC(=O)CCc1cccs1)B1O[C@@H]2C[C@@H]3C[C@@H](C3(C)C)[C@]2(C)O1. The van der Waals surface area contributed by atoms with E-state index in [4.69, 9.17) is 15.0 Å². The lowest BCUT2D eigenvalue weighted by atomic mass is 9.43. The van der Waals surface area contributed by atoms with Crippen LogP contribution in [0.1, 0.15) is 78.0 Å². The van der Waals surface area contributed by atoms with Gasteiger partial charge in [-0.15, -0.1) is 11.3 Å². The Morgan fingerprint density at radius 2 is 2.05 bits per heavy atom. The number of nitro groups is 1. The first-order chi connectivity index (χ1) is 19.8. The van der Waals surface area contributed by atoms with Crippen LogP contribution in [-0.2, 0) is 25.3 Å². The molecule has 3 saturated carbocycles. The number of thiophene rings is 1. The highest BCUT2D eigenvalue weighted by atomic mass is 32.1. The molecule has 1 aliphatic heterocycles. The number of nitrogens with one attached hydrogen (secondary N) is 3. The maximum absolute atomic E-state index is 13.7. The van der Waals surface area contributed by atoms with Crippen molar-refractivity contribution >= 4 is 36.2 Å². The molecule has 0 aromatic carbocycles. The Morgan fingerprint density at radius 3 is 2.69 bits per heavy atom. The molecule has 42 heavy (non-hydrogen) atoms. The van der Waals surface area contributed by atoms with E-state index in [0.717, 1.165) is 17.7 Å². The summed E-state index contributed by atoms with van der Waals surface area (Å²) in [6.07, 6.45) is 4.25. The number of amides is 2. The van der Waals surface area contributed by atoms with Crippen LogP contribution in [0.3, 0.4) is 0 Å². The lowest BCUT2D eigenvalue weighted by Crippen LogP contribution is -2.65. The molecule has 5 rings (SSSR count). The van der Waals surface area contributed by atoms with Crippen molar-refractivity contribution in [1.82, 2.24) is 16.1 Å². The average Bonchev–Trinajstić information content (AvgIpc) is 3.55. The van der Waals surface area contributed by atoms with Crippen molar-refractivity contribution in [3.63, 3.8) is 0 Å². The number of nitrogens with zero attached hydrogens (tertiary/aromatic N) is 2. The maximum Gasteiger partial charge on any atom is 0.481 e. The molecular weight excluding hydrogens is 559 g/mol. The first-order valence-electron chi connectivity index (χ1n) is 15.0. The Morgan fingerprint density at radius 1 is 1.29 bits per heavy atom. The second kappa shape index (κ2) is 13.3. The predicted octanol–water partition coefficient (Wildman–Crippen LogP) is 2.84. The minimum atomic E-state index is -0.818. The molecule has 5 N–H and O–H groups in total. The Labute approximate surface area is 252 Å². The highest BCUT2D eigenvalue weighted by molar-refractivity contribution is 7.09. The fourth-order valence-electron chi connectivity index (χ4n) is 6.95. The van der Waals surface area contributed by atoms with Crippen LogP contribution in [0.25, 0.3) is 0 Å². The van der Waals surface area contributed by atoms with Crippen LogP contribution in [-0.4, -0.2) is 60.2 Å². The molecule has 4 aliphatic rings. The second-order valence-electron chi connectivity index (χ2n) is 13.1. The monoisotopic (exact) mass is 604 g/mol. The Hall–Kier alpha value is -2.71. The number of aliphatic imine (C=N–C) groups is 1. The van der Waals surface area contributed by atoms with Gasteiger partial charge in [0, 0.05) is 17.8 Å². The third kappa shape index (κ3) is 7.43. The summed E-state index contributed by atoms with van der Waals surface area (Å²) in [4.78, 5) is 42.2. The minimum Gasteiger partial charge on any atom is -0.404 e. The van der Waals surface area contributed by atoms with E-state index in [9.17, 15) is 19.7 Å².